The topological polar surface area (TPSA) is 26.3 Å². The van der Waals surface area contributed by atoms with Gasteiger partial charge in [-0.05, 0) is 19.8 Å². The molecular weight excluding hydrogens is 140 g/mol. The summed E-state index contributed by atoms with van der Waals surface area (Å²) in [7, 11) is 1.67. The van der Waals surface area contributed by atoms with Crippen molar-refractivity contribution in [3.8, 4) is 0 Å². The second-order valence-electron chi connectivity index (χ2n) is 3.48. The summed E-state index contributed by atoms with van der Waals surface area (Å²) in [5.74, 6) is 0.303. The molecule has 0 N–H and O–H groups in total. The lowest BCUT2D eigenvalue weighted by Crippen LogP contribution is -2.30. The van der Waals surface area contributed by atoms with Crippen molar-refractivity contribution < 1.29 is 9.53 Å². The van der Waals surface area contributed by atoms with Crippen LogP contribution in [0.1, 0.15) is 32.6 Å². The van der Waals surface area contributed by atoms with Crippen LogP contribution in [0, 0.1) is 5.41 Å². The van der Waals surface area contributed by atoms with E-state index in [1.165, 1.54) is 12.8 Å². The molecule has 2 heteroatoms. The van der Waals surface area contributed by atoms with Crippen LogP contribution in [0.25, 0.3) is 0 Å². The summed E-state index contributed by atoms with van der Waals surface area (Å²) in [6, 6.07) is 0. The minimum atomic E-state index is -0.116. The lowest BCUT2D eigenvalue weighted by atomic mass is 9.83. The van der Waals surface area contributed by atoms with Crippen molar-refractivity contribution in [2.45, 2.75) is 32.6 Å². The minimum Gasteiger partial charge on any atom is -0.384 e. The normalized spacial score (nSPS) is 22.0. The molecule has 0 radical (unpaired) electrons. The Kier molecular flexibility index (Phi) is 2.66. The summed E-state index contributed by atoms with van der Waals surface area (Å²) < 4.78 is 5.07. The molecule has 0 bridgehead atoms. The van der Waals surface area contributed by atoms with Gasteiger partial charge in [0.25, 0.3) is 0 Å². The third-order valence-electron chi connectivity index (χ3n) is 2.73. The number of Topliss-reactive ketones (excluding diaryl/α,β-unsaturated/α-hetero) is 1. The molecule has 1 fully saturated rings. The van der Waals surface area contributed by atoms with Crippen LogP contribution in [0.5, 0.6) is 0 Å². The Morgan fingerprint density at radius 1 is 1.45 bits per heavy atom. The van der Waals surface area contributed by atoms with Crippen molar-refractivity contribution in [3.63, 3.8) is 0 Å². The molecule has 0 spiro atoms. The van der Waals surface area contributed by atoms with Crippen LogP contribution >= 0.6 is 0 Å². The molecule has 0 heterocycles. The predicted molar refractivity (Wildman–Crippen MR) is 43.5 cm³/mol. The molecule has 1 saturated carbocycles. The molecule has 0 saturated heterocycles. The van der Waals surface area contributed by atoms with E-state index in [1.807, 2.05) is 0 Å². The average Bonchev–Trinajstić information content (AvgIpc) is 2.38. The minimum absolute atomic E-state index is 0.116. The van der Waals surface area contributed by atoms with E-state index in [1.54, 1.807) is 14.0 Å². The van der Waals surface area contributed by atoms with Gasteiger partial charge in [0.15, 0.2) is 0 Å². The van der Waals surface area contributed by atoms with Gasteiger partial charge in [-0.25, -0.2) is 0 Å². The van der Waals surface area contributed by atoms with Crippen LogP contribution in [-0.4, -0.2) is 19.5 Å². The third kappa shape index (κ3) is 1.62. The zero-order chi connectivity index (χ0) is 8.32. The maximum absolute atomic E-state index is 11.3. The molecule has 0 aromatic heterocycles. The van der Waals surface area contributed by atoms with E-state index < -0.39 is 0 Å². The molecule has 0 unspecified atom stereocenters. The van der Waals surface area contributed by atoms with Crippen LogP contribution in [0.2, 0.25) is 0 Å². The largest absolute Gasteiger partial charge is 0.384 e. The lowest BCUT2D eigenvalue weighted by molar-refractivity contribution is -0.129. The third-order valence-corrected chi connectivity index (χ3v) is 2.73. The quantitative estimate of drug-likeness (QED) is 0.622. The van der Waals surface area contributed by atoms with Gasteiger partial charge in [0, 0.05) is 7.11 Å². The highest BCUT2D eigenvalue weighted by molar-refractivity contribution is 5.82. The van der Waals surface area contributed by atoms with E-state index in [0.717, 1.165) is 12.8 Å². The molecule has 64 valence electrons. The van der Waals surface area contributed by atoms with Crippen molar-refractivity contribution >= 4 is 5.78 Å². The number of hydrogen-bond donors (Lipinski definition) is 0. The Balaban J connectivity index is 2.62. The number of carbonyl (C=O) groups is 1. The summed E-state index contributed by atoms with van der Waals surface area (Å²) in [4.78, 5) is 11.3. The molecular formula is C9H16O2. The first-order valence-electron chi connectivity index (χ1n) is 4.21. The van der Waals surface area contributed by atoms with Gasteiger partial charge < -0.3 is 4.74 Å². The van der Waals surface area contributed by atoms with Crippen LogP contribution in [0.3, 0.4) is 0 Å². The van der Waals surface area contributed by atoms with Crippen molar-refractivity contribution in [1.29, 1.82) is 0 Å². The first kappa shape index (κ1) is 8.72. The summed E-state index contributed by atoms with van der Waals surface area (Å²) in [5, 5.41) is 0. The average molecular weight is 156 g/mol. The maximum atomic E-state index is 11.3. The van der Waals surface area contributed by atoms with E-state index in [0.29, 0.717) is 12.4 Å². The zero-order valence-electron chi connectivity index (χ0n) is 7.35. The van der Waals surface area contributed by atoms with Crippen LogP contribution < -0.4 is 0 Å². The maximum Gasteiger partial charge on any atom is 0.138 e. The number of rotatable bonds is 3. The van der Waals surface area contributed by atoms with Crippen molar-refractivity contribution in [1.82, 2.24) is 0 Å². The molecule has 11 heavy (non-hydrogen) atoms. The van der Waals surface area contributed by atoms with Crippen molar-refractivity contribution in [3.05, 3.63) is 0 Å². The van der Waals surface area contributed by atoms with Crippen molar-refractivity contribution in [2.75, 3.05) is 13.7 Å². The number of ketones is 1. The molecule has 0 atom stereocenters. The monoisotopic (exact) mass is 156 g/mol. The fourth-order valence-electron chi connectivity index (χ4n) is 1.93. The second kappa shape index (κ2) is 3.35. The van der Waals surface area contributed by atoms with E-state index in [2.05, 4.69) is 0 Å². The molecule has 0 aliphatic heterocycles. The first-order valence-corrected chi connectivity index (χ1v) is 4.21. The smallest absolute Gasteiger partial charge is 0.138 e. The molecule has 0 aromatic carbocycles. The van der Waals surface area contributed by atoms with Gasteiger partial charge in [-0.15, -0.1) is 0 Å². The first-order chi connectivity index (χ1) is 5.21. The molecule has 0 aromatic rings. The Bertz CT molecular complexity index is 146. The van der Waals surface area contributed by atoms with Gasteiger partial charge in [0.05, 0.1) is 12.0 Å². The molecule has 1 rings (SSSR count). The number of hydrogen-bond acceptors (Lipinski definition) is 2. The van der Waals surface area contributed by atoms with E-state index in [-0.39, 0.29) is 5.41 Å². The van der Waals surface area contributed by atoms with Gasteiger partial charge >= 0.3 is 0 Å². The number of ether oxygens (including phenoxy) is 1. The molecule has 2 nitrogen and oxygen atoms in total. The number of carbonyl (C=O) groups excluding carboxylic acids is 1. The highest BCUT2D eigenvalue weighted by Gasteiger charge is 2.38. The fraction of sp³-hybridized carbons (Fsp3) is 0.889. The SMILES string of the molecule is COCC1(C(C)=O)CCCC1. The summed E-state index contributed by atoms with van der Waals surface area (Å²) in [5.41, 5.74) is -0.116. The number of methoxy groups -OCH3 is 1. The Labute approximate surface area is 67.9 Å². The second-order valence-corrected chi connectivity index (χ2v) is 3.48. The van der Waals surface area contributed by atoms with Gasteiger partial charge in [0.2, 0.25) is 0 Å². The predicted octanol–water partition coefficient (Wildman–Crippen LogP) is 1.78. The lowest BCUT2D eigenvalue weighted by Gasteiger charge is -2.24. The van der Waals surface area contributed by atoms with Gasteiger partial charge in [-0.3, -0.25) is 4.79 Å². The van der Waals surface area contributed by atoms with Gasteiger partial charge in [0.1, 0.15) is 5.78 Å². The van der Waals surface area contributed by atoms with Gasteiger partial charge in [-0.1, -0.05) is 12.8 Å². The van der Waals surface area contributed by atoms with Crippen LogP contribution in [0.15, 0.2) is 0 Å². The summed E-state index contributed by atoms with van der Waals surface area (Å²) in [6.45, 7) is 2.30. The molecule has 1 aliphatic carbocycles. The fourth-order valence-corrected chi connectivity index (χ4v) is 1.93. The van der Waals surface area contributed by atoms with Crippen LogP contribution in [-0.2, 0) is 9.53 Å². The Hall–Kier alpha value is -0.370. The highest BCUT2D eigenvalue weighted by atomic mass is 16.5. The summed E-state index contributed by atoms with van der Waals surface area (Å²) in [6.07, 6.45) is 4.41. The van der Waals surface area contributed by atoms with E-state index in [4.69, 9.17) is 4.74 Å². The standard InChI is InChI=1S/C9H16O2/c1-8(10)9(7-11-2)5-3-4-6-9/h3-7H2,1-2H3. The van der Waals surface area contributed by atoms with Gasteiger partial charge in [-0.2, -0.15) is 0 Å². The van der Waals surface area contributed by atoms with E-state index >= 15 is 0 Å². The van der Waals surface area contributed by atoms with E-state index in [9.17, 15) is 4.79 Å². The summed E-state index contributed by atoms with van der Waals surface area (Å²) >= 11 is 0. The van der Waals surface area contributed by atoms with Crippen LogP contribution in [0.4, 0.5) is 0 Å². The van der Waals surface area contributed by atoms with Crippen molar-refractivity contribution in [2.24, 2.45) is 5.41 Å². The molecule has 1 aliphatic rings. The Morgan fingerprint density at radius 2 is 2.00 bits per heavy atom. The highest BCUT2D eigenvalue weighted by Crippen LogP contribution is 2.38. The Morgan fingerprint density at radius 3 is 2.36 bits per heavy atom. The zero-order valence-corrected chi connectivity index (χ0v) is 7.35. The molecule has 0 amide bonds.